The lowest BCUT2D eigenvalue weighted by Crippen LogP contribution is -2.56. The highest BCUT2D eigenvalue weighted by Crippen LogP contribution is 2.61. The molecule has 0 saturated heterocycles. The molecule has 0 radical (unpaired) electrons. The highest BCUT2D eigenvalue weighted by Gasteiger charge is 2.56. The van der Waals surface area contributed by atoms with Crippen molar-refractivity contribution in [1.29, 1.82) is 0 Å². The first-order valence-electron chi connectivity index (χ1n) is 14.5. The van der Waals surface area contributed by atoms with E-state index in [1.54, 1.807) is 0 Å². The van der Waals surface area contributed by atoms with Crippen molar-refractivity contribution in [3.8, 4) is 0 Å². The smallest absolute Gasteiger partial charge is 0.328 e. The van der Waals surface area contributed by atoms with Crippen LogP contribution >= 0.6 is 0 Å². The van der Waals surface area contributed by atoms with E-state index in [1.807, 2.05) is 0 Å². The van der Waals surface area contributed by atoms with Gasteiger partial charge in [-0.15, -0.1) is 0 Å². The largest absolute Gasteiger partial charge is 0.467 e. The Labute approximate surface area is 210 Å². The SMILES string of the molecule is COC(=O)[C@H](CCCCNC(=O)C12CC3CC(CC(C3)C1)C2)NC(=O)C12CC3CC(CC(C3)C1)C2. The molecular formula is C29H44N2O4. The Kier molecular flexibility index (Phi) is 6.16. The van der Waals surface area contributed by atoms with Gasteiger partial charge in [0.05, 0.1) is 7.11 Å². The lowest BCUT2D eigenvalue weighted by atomic mass is 9.49. The second-order valence-corrected chi connectivity index (χ2v) is 13.7. The summed E-state index contributed by atoms with van der Waals surface area (Å²) in [5, 5.41) is 6.36. The molecular weight excluding hydrogens is 440 g/mol. The fourth-order valence-corrected chi connectivity index (χ4v) is 10.3. The number of methoxy groups -OCH3 is 1. The van der Waals surface area contributed by atoms with Crippen LogP contribution in [0, 0.1) is 46.3 Å². The van der Waals surface area contributed by atoms with Gasteiger partial charge in [0.15, 0.2) is 0 Å². The van der Waals surface area contributed by atoms with Crippen molar-refractivity contribution in [3.63, 3.8) is 0 Å². The molecule has 0 unspecified atom stereocenters. The van der Waals surface area contributed by atoms with Crippen molar-refractivity contribution >= 4 is 17.8 Å². The van der Waals surface area contributed by atoms with Crippen molar-refractivity contribution in [2.45, 2.75) is 102 Å². The maximum Gasteiger partial charge on any atom is 0.328 e. The molecule has 0 aromatic rings. The first-order chi connectivity index (χ1) is 16.9. The molecule has 8 rings (SSSR count). The van der Waals surface area contributed by atoms with Gasteiger partial charge in [0.1, 0.15) is 6.04 Å². The summed E-state index contributed by atoms with van der Waals surface area (Å²) in [7, 11) is 1.40. The molecule has 0 aromatic heterocycles. The highest BCUT2D eigenvalue weighted by atomic mass is 16.5. The van der Waals surface area contributed by atoms with E-state index in [-0.39, 0.29) is 28.6 Å². The van der Waals surface area contributed by atoms with Crippen LogP contribution in [0.15, 0.2) is 0 Å². The van der Waals surface area contributed by atoms with Crippen molar-refractivity contribution in [1.82, 2.24) is 10.6 Å². The maximum atomic E-state index is 13.4. The van der Waals surface area contributed by atoms with E-state index >= 15 is 0 Å². The summed E-state index contributed by atoms with van der Waals surface area (Å²) >= 11 is 0. The van der Waals surface area contributed by atoms with Gasteiger partial charge in [-0.2, -0.15) is 0 Å². The molecule has 0 heterocycles. The van der Waals surface area contributed by atoms with Gasteiger partial charge in [-0.3, -0.25) is 9.59 Å². The molecule has 35 heavy (non-hydrogen) atoms. The van der Waals surface area contributed by atoms with Crippen LogP contribution in [0.2, 0.25) is 0 Å². The molecule has 8 fully saturated rings. The Bertz CT molecular complexity index is 796. The van der Waals surface area contributed by atoms with E-state index in [1.165, 1.54) is 45.6 Å². The quantitative estimate of drug-likeness (QED) is 0.376. The zero-order valence-corrected chi connectivity index (χ0v) is 21.5. The standard InChI is InChI=1S/C29H44N2O4/c1-35-25(32)24(31-27(34)29-15-21-9-22(16-29)11-23(10-21)17-29)4-2-3-5-30-26(33)28-12-18-6-19(13-28)8-20(7-18)14-28/h18-24H,2-17H2,1H3,(H,30,33)(H,31,34)/t18?,19?,20?,21?,22?,23?,24-,28?,29?/m0/s1. The van der Waals surface area contributed by atoms with E-state index in [4.69, 9.17) is 4.74 Å². The number of nitrogens with one attached hydrogen (secondary N) is 2. The van der Waals surface area contributed by atoms with Gasteiger partial charge in [0.25, 0.3) is 0 Å². The maximum absolute atomic E-state index is 13.4. The van der Waals surface area contributed by atoms with Gasteiger partial charge in [0, 0.05) is 17.4 Å². The summed E-state index contributed by atoms with van der Waals surface area (Å²) in [6.45, 7) is 0.650. The van der Waals surface area contributed by atoms with Crippen LogP contribution in [-0.4, -0.2) is 37.5 Å². The molecule has 0 aliphatic heterocycles. The molecule has 194 valence electrons. The lowest BCUT2D eigenvalue weighted by molar-refractivity contribution is -0.153. The summed E-state index contributed by atoms with van der Waals surface area (Å²) in [4.78, 5) is 39.1. The Hall–Kier alpha value is -1.59. The van der Waals surface area contributed by atoms with Crippen LogP contribution in [-0.2, 0) is 19.1 Å². The molecule has 1 atom stereocenters. The van der Waals surface area contributed by atoms with Crippen molar-refractivity contribution < 1.29 is 19.1 Å². The number of hydrogen-bond donors (Lipinski definition) is 2. The van der Waals surface area contributed by atoms with Crippen LogP contribution in [0.25, 0.3) is 0 Å². The van der Waals surface area contributed by atoms with Gasteiger partial charge >= 0.3 is 5.97 Å². The lowest BCUT2D eigenvalue weighted by Gasteiger charge is -2.55. The van der Waals surface area contributed by atoms with Crippen LogP contribution < -0.4 is 10.6 Å². The van der Waals surface area contributed by atoms with E-state index in [9.17, 15) is 14.4 Å². The normalized spacial score (nSPS) is 43.1. The summed E-state index contributed by atoms with van der Waals surface area (Å²) < 4.78 is 5.04. The molecule has 2 amide bonds. The van der Waals surface area contributed by atoms with Crippen molar-refractivity contribution in [2.75, 3.05) is 13.7 Å². The predicted molar refractivity (Wildman–Crippen MR) is 132 cm³/mol. The van der Waals surface area contributed by atoms with Crippen molar-refractivity contribution in [2.24, 2.45) is 46.3 Å². The Morgan fingerprint density at radius 2 is 1.14 bits per heavy atom. The van der Waals surface area contributed by atoms with Crippen LogP contribution in [0.3, 0.4) is 0 Å². The van der Waals surface area contributed by atoms with Gasteiger partial charge in [-0.25, -0.2) is 4.79 Å². The summed E-state index contributed by atoms with van der Waals surface area (Å²) in [5.74, 6) is 4.41. The van der Waals surface area contributed by atoms with Gasteiger partial charge < -0.3 is 15.4 Å². The highest BCUT2D eigenvalue weighted by molar-refractivity contribution is 5.88. The first-order valence-corrected chi connectivity index (χ1v) is 14.5. The number of carbonyl (C=O) groups is 3. The number of unbranched alkanes of at least 4 members (excludes halogenated alkanes) is 1. The molecule has 8 saturated carbocycles. The van der Waals surface area contributed by atoms with E-state index in [0.717, 1.165) is 69.1 Å². The second kappa shape index (κ2) is 9.06. The molecule has 0 spiro atoms. The average molecular weight is 485 g/mol. The monoisotopic (exact) mass is 484 g/mol. The molecule has 8 aliphatic carbocycles. The van der Waals surface area contributed by atoms with Crippen LogP contribution in [0.5, 0.6) is 0 Å². The minimum Gasteiger partial charge on any atom is -0.467 e. The molecule has 2 N–H and O–H groups in total. The fourth-order valence-electron chi connectivity index (χ4n) is 10.3. The molecule has 8 aliphatic rings. The molecule has 6 nitrogen and oxygen atoms in total. The zero-order valence-electron chi connectivity index (χ0n) is 21.5. The third-order valence-electron chi connectivity index (χ3n) is 11.0. The summed E-state index contributed by atoms with van der Waals surface area (Å²) in [6, 6.07) is -0.584. The molecule has 8 bridgehead atoms. The van der Waals surface area contributed by atoms with Gasteiger partial charge in [-0.1, -0.05) is 0 Å². The minimum absolute atomic E-state index is 0.0853. The predicted octanol–water partition coefficient (Wildman–Crippen LogP) is 4.36. The fraction of sp³-hybridized carbons (Fsp3) is 0.897. The number of rotatable bonds is 9. The number of ether oxygens (including phenoxy) is 1. The van der Waals surface area contributed by atoms with Gasteiger partial charge in [-0.05, 0) is 132 Å². The van der Waals surface area contributed by atoms with Crippen LogP contribution in [0.4, 0.5) is 0 Å². The Morgan fingerprint density at radius 1 is 0.714 bits per heavy atom. The third-order valence-corrected chi connectivity index (χ3v) is 11.0. The Morgan fingerprint density at radius 3 is 1.57 bits per heavy atom. The third kappa shape index (κ3) is 4.41. The number of esters is 1. The molecule has 0 aromatic carbocycles. The molecule has 6 heteroatoms. The van der Waals surface area contributed by atoms with Crippen molar-refractivity contribution in [3.05, 3.63) is 0 Å². The number of carbonyl (C=O) groups excluding carboxylic acids is 3. The first kappa shape index (κ1) is 23.8. The second-order valence-electron chi connectivity index (χ2n) is 13.7. The Balaban J connectivity index is 0.981. The number of hydrogen-bond acceptors (Lipinski definition) is 4. The minimum atomic E-state index is -0.584. The van der Waals surface area contributed by atoms with E-state index in [2.05, 4.69) is 10.6 Å². The summed E-state index contributed by atoms with van der Waals surface area (Å²) in [5.41, 5.74) is -0.359. The topological polar surface area (TPSA) is 84.5 Å². The van der Waals surface area contributed by atoms with Gasteiger partial charge in [0.2, 0.25) is 11.8 Å². The average Bonchev–Trinajstić information content (AvgIpc) is 2.80. The van der Waals surface area contributed by atoms with Crippen LogP contribution in [0.1, 0.15) is 96.3 Å². The van der Waals surface area contributed by atoms with E-state index < -0.39 is 6.04 Å². The summed E-state index contributed by atoms with van der Waals surface area (Å²) in [6.07, 6.45) is 16.3. The van der Waals surface area contributed by atoms with E-state index in [0.29, 0.717) is 30.7 Å². The number of amides is 2. The zero-order chi connectivity index (χ0) is 24.2.